The molecule has 1 saturated heterocycles. The highest BCUT2D eigenvalue weighted by Gasteiger charge is 2.48. The molecule has 1 aromatic rings. The van der Waals surface area contributed by atoms with Gasteiger partial charge < -0.3 is 15.3 Å². The first kappa shape index (κ1) is 17.7. The smallest absolute Gasteiger partial charge is 0.368 e. The Morgan fingerprint density at radius 1 is 1.50 bits per heavy atom. The van der Waals surface area contributed by atoms with E-state index in [1.165, 1.54) is 23.5 Å². The molecule has 2 aliphatic heterocycles. The molecular formula is C15H16FN5O5. The van der Waals surface area contributed by atoms with Gasteiger partial charge in [0, 0.05) is 12.4 Å². The summed E-state index contributed by atoms with van der Waals surface area (Å²) < 4.78 is 13.3. The van der Waals surface area contributed by atoms with Crippen LogP contribution in [0.25, 0.3) is 0 Å². The number of aliphatic carboxylic acids is 1. The Morgan fingerprint density at radius 3 is 2.92 bits per heavy atom. The Kier molecular flexibility index (Phi) is 4.80. The number of aromatic nitrogens is 2. The number of alkyl halides is 1. The number of rotatable bonds is 6. The largest absolute Gasteiger partial charge is 0.477 e. The molecule has 2 bridgehead atoms. The fraction of sp³-hybridized carbons (Fsp3) is 0.400. The molecule has 3 heterocycles. The Morgan fingerprint density at radius 2 is 2.27 bits per heavy atom. The molecule has 0 radical (unpaired) electrons. The average Bonchev–Trinajstić information content (AvgIpc) is 2.86. The molecule has 2 N–H and O–H groups in total. The third-order valence-electron chi connectivity index (χ3n) is 4.03. The minimum Gasteiger partial charge on any atom is -0.477 e. The predicted molar refractivity (Wildman–Crippen MR) is 82.8 cm³/mol. The van der Waals surface area contributed by atoms with Crippen LogP contribution in [0.1, 0.15) is 12.6 Å². The summed E-state index contributed by atoms with van der Waals surface area (Å²) in [5, 5.41) is 11.9. The van der Waals surface area contributed by atoms with Crippen LogP contribution >= 0.6 is 0 Å². The molecule has 1 fully saturated rings. The highest BCUT2D eigenvalue weighted by atomic mass is 19.1. The maximum Gasteiger partial charge on any atom is 0.368 e. The van der Waals surface area contributed by atoms with Crippen molar-refractivity contribution < 1.29 is 28.7 Å². The monoisotopic (exact) mass is 365 g/mol. The van der Waals surface area contributed by atoms with E-state index in [0.29, 0.717) is 16.3 Å². The van der Waals surface area contributed by atoms with Crippen LogP contribution in [-0.2, 0) is 21.0 Å². The van der Waals surface area contributed by atoms with Gasteiger partial charge in [-0.15, -0.1) is 0 Å². The maximum atomic E-state index is 13.3. The highest BCUT2D eigenvalue weighted by Crippen LogP contribution is 2.30. The zero-order valence-corrected chi connectivity index (χ0v) is 13.7. The van der Waals surface area contributed by atoms with Crippen molar-refractivity contribution in [2.24, 2.45) is 0 Å². The van der Waals surface area contributed by atoms with Gasteiger partial charge in [0.2, 0.25) is 5.91 Å². The fourth-order valence-electron chi connectivity index (χ4n) is 2.91. The zero-order valence-electron chi connectivity index (χ0n) is 13.7. The summed E-state index contributed by atoms with van der Waals surface area (Å²) in [6, 6.07) is -2.33. The van der Waals surface area contributed by atoms with Crippen LogP contribution in [0.5, 0.6) is 0 Å². The Bertz CT molecular complexity index is 758. The third-order valence-corrected chi connectivity index (χ3v) is 4.03. The van der Waals surface area contributed by atoms with Gasteiger partial charge in [0.25, 0.3) is 0 Å². The lowest BCUT2D eigenvalue weighted by Crippen LogP contribution is -2.50. The molecule has 0 aromatic carbocycles. The van der Waals surface area contributed by atoms with E-state index >= 15 is 0 Å². The van der Waals surface area contributed by atoms with E-state index < -0.39 is 36.3 Å². The second kappa shape index (κ2) is 7.04. The lowest BCUT2D eigenvalue weighted by atomic mass is 10.00. The highest BCUT2D eigenvalue weighted by molar-refractivity contribution is 5.91. The molecule has 1 aromatic heterocycles. The number of hydrogen-bond acceptors (Lipinski definition) is 6. The normalized spacial score (nSPS) is 22.8. The van der Waals surface area contributed by atoms with Gasteiger partial charge in [0.1, 0.15) is 6.04 Å². The van der Waals surface area contributed by atoms with Crippen LogP contribution in [-0.4, -0.2) is 67.9 Å². The van der Waals surface area contributed by atoms with Crippen LogP contribution in [0, 0.1) is 0 Å². The van der Waals surface area contributed by atoms with Gasteiger partial charge in [-0.25, -0.2) is 18.8 Å². The van der Waals surface area contributed by atoms with Crippen molar-refractivity contribution in [3.63, 3.8) is 0 Å². The number of carbonyl (C=O) groups excluding carboxylic acids is 2. The van der Waals surface area contributed by atoms with E-state index in [-0.39, 0.29) is 13.1 Å². The quantitative estimate of drug-likeness (QED) is 0.671. The zero-order chi connectivity index (χ0) is 18.8. The topological polar surface area (TPSA) is 125 Å². The van der Waals surface area contributed by atoms with Crippen molar-refractivity contribution in [1.29, 1.82) is 0 Å². The third kappa shape index (κ3) is 3.33. The molecule has 2 aliphatic rings. The number of carboxylic acid groups (broad SMARTS) is 1. The van der Waals surface area contributed by atoms with Crippen LogP contribution < -0.4 is 5.32 Å². The number of fused-ring (bicyclic) bond motifs is 2. The lowest BCUT2D eigenvalue weighted by molar-refractivity contribution is -0.219. The second-order valence-corrected chi connectivity index (χ2v) is 5.82. The van der Waals surface area contributed by atoms with Gasteiger partial charge in [-0.1, -0.05) is 6.08 Å². The first-order valence-electron chi connectivity index (χ1n) is 7.73. The Labute approximate surface area is 147 Å². The van der Waals surface area contributed by atoms with Crippen molar-refractivity contribution in [3.8, 4) is 0 Å². The van der Waals surface area contributed by atoms with E-state index in [9.17, 15) is 18.8 Å². The summed E-state index contributed by atoms with van der Waals surface area (Å²) in [7, 11) is 0. The number of nitrogens with zero attached hydrogens (tertiary/aromatic N) is 4. The molecule has 0 spiro atoms. The number of hydroxylamine groups is 2. The van der Waals surface area contributed by atoms with Gasteiger partial charge in [-0.3, -0.25) is 14.8 Å². The number of carboxylic acids is 1. The molecule has 11 heteroatoms. The molecule has 0 saturated carbocycles. The summed E-state index contributed by atoms with van der Waals surface area (Å²) in [6.45, 7) is 1.88. The molecular weight excluding hydrogens is 349 g/mol. The molecule has 138 valence electrons. The SMILES string of the molecule is CC1=C[C@H]2CN(C(=O)N2O[C@@H](F)C(=O)O)[C@@H]1C(=O)NCc1cnccn1. The Balaban J connectivity index is 1.70. The van der Waals surface area contributed by atoms with Crippen molar-refractivity contribution in [2.75, 3.05) is 6.54 Å². The van der Waals surface area contributed by atoms with Crippen LogP contribution in [0.4, 0.5) is 9.18 Å². The van der Waals surface area contributed by atoms with Crippen molar-refractivity contribution in [1.82, 2.24) is 25.2 Å². The summed E-state index contributed by atoms with van der Waals surface area (Å²) in [5.41, 5.74) is 1.12. The van der Waals surface area contributed by atoms with Gasteiger partial charge in [-0.2, -0.15) is 5.06 Å². The molecule has 10 nitrogen and oxygen atoms in total. The van der Waals surface area contributed by atoms with Crippen LogP contribution in [0.3, 0.4) is 0 Å². The summed E-state index contributed by atoms with van der Waals surface area (Å²) in [4.78, 5) is 49.3. The lowest BCUT2D eigenvalue weighted by Gasteiger charge is -2.29. The van der Waals surface area contributed by atoms with Crippen molar-refractivity contribution in [2.45, 2.75) is 31.9 Å². The summed E-state index contributed by atoms with van der Waals surface area (Å²) >= 11 is 0. The fourth-order valence-corrected chi connectivity index (χ4v) is 2.91. The first-order valence-corrected chi connectivity index (χ1v) is 7.73. The standard InChI is InChI=1S/C15H16FN5O5/c1-8-4-10-7-20(15(25)21(10)26-12(16)14(23)24)11(8)13(22)19-6-9-5-17-2-3-18-9/h2-5,10-12H,6-7H2,1H3,(H,19,22)(H,23,24)/t10-,11-,12+/m0/s1. The number of urea groups is 1. The van der Waals surface area contributed by atoms with Gasteiger partial charge in [-0.05, 0) is 12.5 Å². The molecule has 0 unspecified atom stereocenters. The van der Waals surface area contributed by atoms with Crippen LogP contribution in [0.2, 0.25) is 0 Å². The number of hydrogen-bond donors (Lipinski definition) is 2. The first-order chi connectivity index (χ1) is 12.4. The van der Waals surface area contributed by atoms with E-state index in [1.807, 2.05) is 0 Å². The van der Waals surface area contributed by atoms with E-state index in [4.69, 9.17) is 5.11 Å². The maximum absolute atomic E-state index is 13.3. The number of halogens is 1. The second-order valence-electron chi connectivity index (χ2n) is 5.82. The van der Waals surface area contributed by atoms with Crippen molar-refractivity contribution in [3.05, 3.63) is 35.9 Å². The van der Waals surface area contributed by atoms with Gasteiger partial charge in [0.15, 0.2) is 0 Å². The summed E-state index contributed by atoms with van der Waals surface area (Å²) in [6.07, 6.45) is 3.42. The van der Waals surface area contributed by atoms with Crippen molar-refractivity contribution >= 4 is 17.9 Å². The number of nitrogens with one attached hydrogen (secondary N) is 1. The minimum atomic E-state index is -2.67. The Hall–Kier alpha value is -3.08. The molecule has 3 rings (SSSR count). The average molecular weight is 365 g/mol. The number of carbonyl (C=O) groups is 3. The number of amides is 3. The minimum absolute atomic E-state index is 0.0890. The van der Waals surface area contributed by atoms with E-state index in [0.717, 1.165) is 0 Å². The predicted octanol–water partition coefficient (Wildman–Crippen LogP) is -0.161. The molecule has 26 heavy (non-hydrogen) atoms. The molecule has 0 aliphatic carbocycles. The van der Waals surface area contributed by atoms with E-state index in [1.54, 1.807) is 13.0 Å². The van der Waals surface area contributed by atoms with Gasteiger partial charge >= 0.3 is 18.4 Å². The molecule has 3 amide bonds. The van der Waals surface area contributed by atoms with E-state index in [2.05, 4.69) is 20.1 Å². The molecule has 3 atom stereocenters. The van der Waals surface area contributed by atoms with Gasteiger partial charge in [0.05, 0.1) is 31.0 Å². The summed E-state index contributed by atoms with van der Waals surface area (Å²) in [5.74, 6) is -2.28. The van der Waals surface area contributed by atoms with Crippen LogP contribution in [0.15, 0.2) is 30.2 Å².